The number of fused-ring (bicyclic) bond motifs is 1. The number of para-hydroxylation sites is 1. The number of ether oxygens (including phenoxy) is 1. The van der Waals surface area contributed by atoms with Gasteiger partial charge in [0.1, 0.15) is 17.9 Å². The maximum atomic E-state index is 12.8. The average Bonchev–Trinajstić information content (AvgIpc) is 3.12. The number of hydrogen-bond acceptors (Lipinski definition) is 4. The Kier molecular flexibility index (Phi) is 3.86. The van der Waals surface area contributed by atoms with Gasteiger partial charge in [0, 0.05) is 18.7 Å². The van der Waals surface area contributed by atoms with Crippen molar-refractivity contribution in [1.29, 1.82) is 0 Å². The van der Waals surface area contributed by atoms with Crippen LogP contribution < -0.4 is 4.74 Å². The highest BCUT2D eigenvalue weighted by atomic mass is 16.5. The van der Waals surface area contributed by atoms with Crippen LogP contribution in [0.1, 0.15) is 40.2 Å². The molecule has 1 atom stereocenters. The van der Waals surface area contributed by atoms with Crippen molar-refractivity contribution >= 4 is 11.7 Å². The van der Waals surface area contributed by atoms with E-state index < -0.39 is 5.60 Å². The Labute approximate surface area is 152 Å². The third-order valence-corrected chi connectivity index (χ3v) is 5.69. The molecule has 26 heavy (non-hydrogen) atoms. The summed E-state index contributed by atoms with van der Waals surface area (Å²) in [4.78, 5) is 27.1. The summed E-state index contributed by atoms with van der Waals surface area (Å²) in [5.74, 6) is 0.741. The second kappa shape index (κ2) is 5.97. The van der Waals surface area contributed by atoms with E-state index >= 15 is 0 Å². The number of ketones is 1. The van der Waals surface area contributed by atoms with Gasteiger partial charge in [0.25, 0.3) is 0 Å². The molecule has 2 aliphatic rings. The molecule has 6 nitrogen and oxygen atoms in total. The summed E-state index contributed by atoms with van der Waals surface area (Å²) >= 11 is 0. The lowest BCUT2D eigenvalue weighted by molar-refractivity contribution is -0.131. The smallest absolute Gasteiger partial charge is 0.244 e. The van der Waals surface area contributed by atoms with Gasteiger partial charge >= 0.3 is 0 Å². The van der Waals surface area contributed by atoms with Crippen LogP contribution in [-0.4, -0.2) is 45.1 Å². The highest BCUT2D eigenvalue weighted by Crippen LogP contribution is 2.38. The first-order valence-corrected chi connectivity index (χ1v) is 8.98. The molecular weight excluding hydrogens is 330 g/mol. The van der Waals surface area contributed by atoms with Crippen molar-refractivity contribution in [2.45, 2.75) is 45.8 Å². The van der Waals surface area contributed by atoms with E-state index in [9.17, 15) is 9.59 Å². The van der Waals surface area contributed by atoms with E-state index in [2.05, 4.69) is 5.10 Å². The molecule has 0 saturated carbocycles. The maximum absolute atomic E-state index is 12.8. The molecule has 1 spiro atoms. The molecule has 0 aliphatic carbocycles. The number of likely N-dealkylation sites (tertiary alicyclic amines) is 1. The van der Waals surface area contributed by atoms with Crippen molar-refractivity contribution in [3.63, 3.8) is 0 Å². The van der Waals surface area contributed by atoms with Gasteiger partial charge in [-0.2, -0.15) is 5.10 Å². The van der Waals surface area contributed by atoms with Crippen molar-refractivity contribution in [2.75, 3.05) is 13.1 Å². The number of aromatic nitrogens is 2. The molecule has 2 aromatic rings. The van der Waals surface area contributed by atoms with Gasteiger partial charge in [-0.1, -0.05) is 12.1 Å². The lowest BCUT2D eigenvalue weighted by atomic mass is 9.89. The minimum atomic E-state index is -0.591. The molecule has 136 valence electrons. The maximum Gasteiger partial charge on any atom is 0.244 e. The van der Waals surface area contributed by atoms with Gasteiger partial charge in [-0.25, -0.2) is 0 Å². The molecule has 6 heteroatoms. The number of aryl methyl sites for hydroxylation is 1. The van der Waals surface area contributed by atoms with Crippen LogP contribution in [-0.2, 0) is 11.3 Å². The highest BCUT2D eigenvalue weighted by Gasteiger charge is 2.46. The van der Waals surface area contributed by atoms with Gasteiger partial charge in [0.2, 0.25) is 5.91 Å². The molecular formula is C20H23N3O3. The predicted octanol–water partition coefficient (Wildman–Crippen LogP) is 2.44. The summed E-state index contributed by atoms with van der Waals surface area (Å²) in [6.07, 6.45) is 1.00. The SMILES string of the molecule is Cc1nn(CC(=O)N2CC[C@@]3(CC(=O)c4ccccc4O3)C2)c(C)c1C. The molecule has 4 rings (SSSR count). The van der Waals surface area contributed by atoms with E-state index in [4.69, 9.17) is 4.74 Å². The van der Waals surface area contributed by atoms with Crippen LogP contribution in [0, 0.1) is 20.8 Å². The molecule has 1 fully saturated rings. The van der Waals surface area contributed by atoms with Crippen molar-refractivity contribution in [2.24, 2.45) is 0 Å². The first-order valence-electron chi connectivity index (χ1n) is 8.98. The number of benzene rings is 1. The van der Waals surface area contributed by atoms with Crippen LogP contribution in [0.3, 0.4) is 0 Å². The van der Waals surface area contributed by atoms with Gasteiger partial charge in [0.05, 0.1) is 24.2 Å². The lowest BCUT2D eigenvalue weighted by Crippen LogP contribution is -2.45. The second-order valence-electron chi connectivity index (χ2n) is 7.40. The Hall–Kier alpha value is -2.63. The molecule has 3 heterocycles. The normalized spacial score (nSPS) is 21.8. The largest absolute Gasteiger partial charge is 0.484 e. The topological polar surface area (TPSA) is 64.4 Å². The minimum Gasteiger partial charge on any atom is -0.484 e. The first-order chi connectivity index (χ1) is 12.4. The Morgan fingerprint density at radius 3 is 2.77 bits per heavy atom. The van der Waals surface area contributed by atoms with E-state index in [0.717, 1.165) is 17.0 Å². The van der Waals surface area contributed by atoms with Gasteiger partial charge in [-0.05, 0) is 38.5 Å². The summed E-state index contributed by atoms with van der Waals surface area (Å²) in [5, 5.41) is 4.45. The number of nitrogens with zero attached hydrogens (tertiary/aromatic N) is 3. The summed E-state index contributed by atoms with van der Waals surface area (Å²) < 4.78 is 7.96. The first kappa shape index (κ1) is 16.8. The Morgan fingerprint density at radius 1 is 1.27 bits per heavy atom. The predicted molar refractivity (Wildman–Crippen MR) is 96.4 cm³/mol. The van der Waals surface area contributed by atoms with E-state index in [1.54, 1.807) is 15.6 Å². The van der Waals surface area contributed by atoms with Crippen LogP contribution >= 0.6 is 0 Å². The molecule has 0 unspecified atom stereocenters. The average molecular weight is 353 g/mol. The summed E-state index contributed by atoms with van der Waals surface area (Å²) in [6, 6.07) is 7.35. The van der Waals surface area contributed by atoms with Crippen molar-refractivity contribution in [3.8, 4) is 5.75 Å². The minimum absolute atomic E-state index is 0.0161. The van der Waals surface area contributed by atoms with Crippen molar-refractivity contribution in [1.82, 2.24) is 14.7 Å². The highest BCUT2D eigenvalue weighted by molar-refractivity contribution is 6.00. The zero-order chi connectivity index (χ0) is 18.5. The molecule has 2 aliphatic heterocycles. The third-order valence-electron chi connectivity index (χ3n) is 5.69. The van der Waals surface area contributed by atoms with Gasteiger partial charge < -0.3 is 9.64 Å². The zero-order valence-corrected chi connectivity index (χ0v) is 15.4. The molecule has 0 N–H and O–H groups in total. The van der Waals surface area contributed by atoms with Gasteiger partial charge in [-0.3, -0.25) is 14.3 Å². The number of rotatable bonds is 2. The lowest BCUT2D eigenvalue weighted by Gasteiger charge is -2.34. The standard InChI is InChI=1S/C20H23N3O3/c1-13-14(2)21-23(15(13)3)11-19(25)22-9-8-20(12-22)10-17(24)16-6-4-5-7-18(16)26-20/h4-7H,8-12H2,1-3H3/t20-/m1/s1. The number of carbonyl (C=O) groups is 2. The fourth-order valence-electron chi connectivity index (χ4n) is 3.90. The van der Waals surface area contributed by atoms with Crippen molar-refractivity contribution < 1.29 is 14.3 Å². The number of carbonyl (C=O) groups excluding carboxylic acids is 2. The van der Waals surface area contributed by atoms with Crippen LogP contribution in [0.25, 0.3) is 0 Å². The van der Waals surface area contributed by atoms with Gasteiger partial charge in [-0.15, -0.1) is 0 Å². The molecule has 1 amide bonds. The van der Waals surface area contributed by atoms with Crippen LogP contribution in [0.15, 0.2) is 24.3 Å². The zero-order valence-electron chi connectivity index (χ0n) is 15.4. The van der Waals surface area contributed by atoms with Crippen LogP contribution in [0.5, 0.6) is 5.75 Å². The Morgan fingerprint density at radius 2 is 2.04 bits per heavy atom. The quantitative estimate of drug-likeness (QED) is 0.832. The van der Waals surface area contributed by atoms with E-state index in [1.165, 1.54) is 0 Å². The molecule has 0 radical (unpaired) electrons. The van der Waals surface area contributed by atoms with E-state index in [1.807, 2.05) is 39.0 Å². The van der Waals surface area contributed by atoms with Crippen LogP contribution in [0.2, 0.25) is 0 Å². The van der Waals surface area contributed by atoms with Crippen LogP contribution in [0.4, 0.5) is 0 Å². The molecule has 1 aromatic carbocycles. The fourth-order valence-corrected chi connectivity index (χ4v) is 3.90. The molecule has 0 bridgehead atoms. The Bertz CT molecular complexity index is 902. The summed E-state index contributed by atoms with van der Waals surface area (Å²) in [5.41, 5.74) is 3.13. The molecule has 1 saturated heterocycles. The number of amides is 1. The van der Waals surface area contributed by atoms with Crippen molar-refractivity contribution in [3.05, 3.63) is 46.8 Å². The van der Waals surface area contributed by atoms with E-state index in [0.29, 0.717) is 37.2 Å². The second-order valence-corrected chi connectivity index (χ2v) is 7.40. The third kappa shape index (κ3) is 2.69. The summed E-state index contributed by atoms with van der Waals surface area (Å²) in [6.45, 7) is 7.22. The summed E-state index contributed by atoms with van der Waals surface area (Å²) in [7, 11) is 0. The monoisotopic (exact) mass is 353 g/mol. The molecule has 1 aromatic heterocycles. The van der Waals surface area contributed by atoms with E-state index in [-0.39, 0.29) is 18.2 Å². The van der Waals surface area contributed by atoms with Gasteiger partial charge in [0.15, 0.2) is 5.78 Å². The number of hydrogen-bond donors (Lipinski definition) is 0. The Balaban J connectivity index is 1.49. The number of Topliss-reactive ketones (excluding diaryl/α,β-unsaturated/α-hetero) is 1. The fraction of sp³-hybridized carbons (Fsp3) is 0.450.